The van der Waals surface area contributed by atoms with Gasteiger partial charge in [0.1, 0.15) is 18.3 Å². The Hall–Kier alpha value is -1.48. The molecule has 0 aliphatic carbocycles. The molecule has 1 aromatic rings. The van der Waals surface area contributed by atoms with Crippen molar-refractivity contribution < 1.29 is 24.8 Å². The summed E-state index contributed by atoms with van der Waals surface area (Å²) in [5.74, 6) is 0.176. The number of hydrogen-bond donors (Lipinski definition) is 3. The Labute approximate surface area is 108 Å². The summed E-state index contributed by atoms with van der Waals surface area (Å²) in [6.45, 7) is 1.69. The molecule has 1 aromatic heterocycles. The summed E-state index contributed by atoms with van der Waals surface area (Å²) < 4.78 is 11.4. The van der Waals surface area contributed by atoms with Gasteiger partial charge < -0.3 is 24.8 Å². The van der Waals surface area contributed by atoms with Crippen molar-refractivity contribution in [3.8, 4) is 5.88 Å². The summed E-state index contributed by atoms with van der Waals surface area (Å²) in [6, 6.07) is 1.46. The van der Waals surface area contributed by atoms with E-state index in [2.05, 4.69) is 4.98 Å². The highest BCUT2D eigenvalue weighted by atomic mass is 16.6. The van der Waals surface area contributed by atoms with Gasteiger partial charge in [-0.25, -0.2) is 4.79 Å². The molecule has 0 amide bonds. The summed E-state index contributed by atoms with van der Waals surface area (Å²) in [5.41, 5.74) is -0.666. The minimum absolute atomic E-state index is 0.176. The van der Waals surface area contributed by atoms with Gasteiger partial charge in [-0.05, 0) is 6.92 Å². The minimum atomic E-state index is -1.31. The van der Waals surface area contributed by atoms with Gasteiger partial charge >= 0.3 is 5.69 Å². The van der Waals surface area contributed by atoms with Gasteiger partial charge in [0.25, 0.3) is 0 Å². The van der Waals surface area contributed by atoms with Gasteiger partial charge in [0.05, 0.1) is 13.2 Å². The molecule has 8 nitrogen and oxygen atoms in total. The van der Waals surface area contributed by atoms with Crippen LogP contribution in [0.4, 0.5) is 0 Å². The molecule has 3 N–H and O–H groups in total. The zero-order valence-corrected chi connectivity index (χ0v) is 10.3. The highest BCUT2D eigenvalue weighted by Gasteiger charge is 2.43. The van der Waals surface area contributed by atoms with E-state index >= 15 is 0 Å². The minimum Gasteiger partial charge on any atom is -0.478 e. The van der Waals surface area contributed by atoms with Crippen molar-refractivity contribution in [3.63, 3.8) is 0 Å². The molecular formula is C11H16N2O6. The van der Waals surface area contributed by atoms with Crippen LogP contribution in [0.15, 0.2) is 17.1 Å². The average molecular weight is 272 g/mol. The first-order valence-electron chi connectivity index (χ1n) is 5.93. The summed E-state index contributed by atoms with van der Waals surface area (Å²) in [5, 5.41) is 28.4. The van der Waals surface area contributed by atoms with Crippen LogP contribution in [-0.4, -0.2) is 56.4 Å². The third-order valence-electron chi connectivity index (χ3n) is 2.89. The Morgan fingerprint density at radius 3 is 2.74 bits per heavy atom. The molecule has 1 saturated heterocycles. The predicted octanol–water partition coefficient (Wildman–Crippen LogP) is -1.75. The van der Waals surface area contributed by atoms with Gasteiger partial charge in [-0.2, -0.15) is 4.98 Å². The fourth-order valence-corrected chi connectivity index (χ4v) is 1.93. The van der Waals surface area contributed by atoms with Crippen LogP contribution in [-0.2, 0) is 4.74 Å². The average Bonchev–Trinajstić information content (AvgIpc) is 2.67. The largest absolute Gasteiger partial charge is 0.478 e. The van der Waals surface area contributed by atoms with Crippen LogP contribution >= 0.6 is 0 Å². The van der Waals surface area contributed by atoms with Gasteiger partial charge in [0.15, 0.2) is 6.23 Å². The number of aliphatic hydroxyl groups excluding tert-OH is 3. The molecule has 1 aliphatic rings. The van der Waals surface area contributed by atoms with Crippen LogP contribution < -0.4 is 10.4 Å². The lowest BCUT2D eigenvalue weighted by Gasteiger charge is -2.17. The first kappa shape index (κ1) is 13.9. The molecule has 0 spiro atoms. The highest BCUT2D eigenvalue weighted by molar-refractivity contribution is 5.06. The Balaban J connectivity index is 2.25. The molecule has 0 bridgehead atoms. The van der Waals surface area contributed by atoms with Gasteiger partial charge in [0, 0.05) is 12.3 Å². The van der Waals surface area contributed by atoms with E-state index in [9.17, 15) is 15.0 Å². The van der Waals surface area contributed by atoms with Gasteiger partial charge in [-0.15, -0.1) is 0 Å². The maximum absolute atomic E-state index is 11.8. The van der Waals surface area contributed by atoms with Gasteiger partial charge in [0.2, 0.25) is 5.88 Å². The molecule has 8 heteroatoms. The van der Waals surface area contributed by atoms with Crippen molar-refractivity contribution >= 4 is 0 Å². The van der Waals surface area contributed by atoms with E-state index in [1.54, 1.807) is 6.92 Å². The maximum atomic E-state index is 11.8. The molecule has 2 heterocycles. The van der Waals surface area contributed by atoms with Crippen molar-refractivity contribution in [1.29, 1.82) is 0 Å². The first-order chi connectivity index (χ1) is 9.08. The highest BCUT2D eigenvalue weighted by Crippen LogP contribution is 2.28. The van der Waals surface area contributed by atoms with Crippen LogP contribution in [0.2, 0.25) is 0 Å². The van der Waals surface area contributed by atoms with Crippen LogP contribution in [0.1, 0.15) is 13.2 Å². The fraction of sp³-hybridized carbons (Fsp3) is 0.636. The van der Waals surface area contributed by atoms with E-state index in [0.29, 0.717) is 6.61 Å². The first-order valence-corrected chi connectivity index (χ1v) is 5.93. The Morgan fingerprint density at radius 1 is 1.47 bits per heavy atom. The molecule has 4 atom stereocenters. The molecular weight excluding hydrogens is 256 g/mol. The van der Waals surface area contributed by atoms with Gasteiger partial charge in [-0.1, -0.05) is 0 Å². The maximum Gasteiger partial charge on any atom is 0.353 e. The molecule has 0 radical (unpaired) electrons. The lowest BCUT2D eigenvalue weighted by Crippen LogP contribution is -2.35. The van der Waals surface area contributed by atoms with Gasteiger partial charge in [-0.3, -0.25) is 4.57 Å². The molecule has 2 rings (SSSR count). The van der Waals surface area contributed by atoms with Crippen molar-refractivity contribution in [1.82, 2.24) is 9.55 Å². The summed E-state index contributed by atoms with van der Waals surface area (Å²) in [6.07, 6.45) is -3.22. The van der Waals surface area contributed by atoms with E-state index in [-0.39, 0.29) is 5.88 Å². The molecule has 1 fully saturated rings. The zero-order valence-electron chi connectivity index (χ0n) is 10.3. The number of rotatable bonds is 4. The fourth-order valence-electron chi connectivity index (χ4n) is 1.93. The second kappa shape index (κ2) is 5.66. The molecule has 19 heavy (non-hydrogen) atoms. The Bertz CT molecular complexity index is 490. The third-order valence-corrected chi connectivity index (χ3v) is 2.89. The monoisotopic (exact) mass is 272 g/mol. The van der Waals surface area contributed by atoms with E-state index < -0.39 is 36.8 Å². The summed E-state index contributed by atoms with van der Waals surface area (Å²) >= 11 is 0. The number of aromatic nitrogens is 2. The number of hydrogen-bond acceptors (Lipinski definition) is 7. The standard InChI is InChI=1S/C11H16N2O6/c1-2-18-7-3-4-13(11(17)12-7)10-9(16)8(15)6(5-14)19-10/h3-4,6,8-10,14-16H,2,5H2,1H3/t6-,8?,9?,10-/m1/s1. The normalized spacial score (nSPS) is 30.5. The van der Waals surface area contributed by atoms with Crippen molar-refractivity contribution in [3.05, 3.63) is 22.7 Å². The van der Waals surface area contributed by atoms with E-state index in [1.165, 1.54) is 12.3 Å². The van der Waals surface area contributed by atoms with E-state index in [1.807, 2.05) is 0 Å². The molecule has 0 aromatic carbocycles. The zero-order chi connectivity index (χ0) is 14.0. The quantitative estimate of drug-likeness (QED) is 0.595. The molecule has 2 unspecified atom stereocenters. The molecule has 1 aliphatic heterocycles. The van der Waals surface area contributed by atoms with Crippen molar-refractivity contribution in [2.45, 2.75) is 31.5 Å². The second-order valence-electron chi connectivity index (χ2n) is 4.12. The molecule has 106 valence electrons. The molecule has 0 saturated carbocycles. The van der Waals surface area contributed by atoms with Crippen LogP contribution in [0.3, 0.4) is 0 Å². The Morgan fingerprint density at radius 2 is 2.21 bits per heavy atom. The lowest BCUT2D eigenvalue weighted by atomic mass is 10.1. The topological polar surface area (TPSA) is 114 Å². The third kappa shape index (κ3) is 2.61. The second-order valence-corrected chi connectivity index (χ2v) is 4.12. The lowest BCUT2D eigenvalue weighted by molar-refractivity contribution is -0.0551. The van der Waals surface area contributed by atoms with E-state index in [0.717, 1.165) is 4.57 Å². The summed E-state index contributed by atoms with van der Waals surface area (Å²) in [4.78, 5) is 15.5. The van der Waals surface area contributed by atoms with Crippen molar-refractivity contribution in [2.24, 2.45) is 0 Å². The SMILES string of the molecule is CCOc1ccn([C@@H]2O[C@H](CO)C(O)C2O)c(=O)n1. The Kier molecular flexibility index (Phi) is 4.15. The number of nitrogens with zero attached hydrogens (tertiary/aromatic N) is 2. The smallest absolute Gasteiger partial charge is 0.353 e. The van der Waals surface area contributed by atoms with Crippen LogP contribution in [0.5, 0.6) is 5.88 Å². The predicted molar refractivity (Wildman–Crippen MR) is 62.7 cm³/mol. The van der Waals surface area contributed by atoms with Crippen LogP contribution in [0.25, 0.3) is 0 Å². The number of aliphatic hydroxyl groups is 3. The number of ether oxygens (including phenoxy) is 2. The van der Waals surface area contributed by atoms with Crippen LogP contribution in [0, 0.1) is 0 Å². The van der Waals surface area contributed by atoms with Crippen molar-refractivity contribution in [2.75, 3.05) is 13.2 Å². The van der Waals surface area contributed by atoms with E-state index in [4.69, 9.17) is 14.6 Å². The summed E-state index contributed by atoms with van der Waals surface area (Å²) in [7, 11) is 0.